The van der Waals surface area contributed by atoms with Gasteiger partial charge in [-0.15, -0.1) is 0 Å². The molecule has 10 heteroatoms. The normalized spacial score (nSPS) is 10.9. The van der Waals surface area contributed by atoms with Gasteiger partial charge < -0.3 is 15.1 Å². The molecule has 1 N–H and O–H groups in total. The molecule has 0 aliphatic carbocycles. The maximum atomic E-state index is 11.5. The van der Waals surface area contributed by atoms with Crippen molar-refractivity contribution < 1.29 is 13.3 Å². The molecule has 0 saturated carbocycles. The number of sulfone groups is 1. The van der Waals surface area contributed by atoms with Crippen LogP contribution in [-0.4, -0.2) is 76.6 Å². The van der Waals surface area contributed by atoms with E-state index in [2.05, 4.69) is 10.3 Å². The summed E-state index contributed by atoms with van der Waals surface area (Å²) >= 11 is 0. The molecule has 0 aromatic heterocycles. The third kappa shape index (κ3) is 5.37. The zero-order chi connectivity index (χ0) is 18.5. The first-order valence-electron chi connectivity index (χ1n) is 7.15. The molecule has 0 bridgehead atoms. The fourth-order valence-electron chi connectivity index (χ4n) is 2.07. The highest BCUT2D eigenvalue weighted by molar-refractivity contribution is 7.90. The Labute approximate surface area is 142 Å². The predicted octanol–water partition coefficient (Wildman–Crippen LogP) is 0.889. The topological polar surface area (TPSA) is 108 Å². The summed E-state index contributed by atoms with van der Waals surface area (Å²) in [5.74, 6) is 0.777. The molecule has 0 radical (unpaired) electrons. The van der Waals surface area contributed by atoms with Crippen LogP contribution in [0.1, 0.15) is 0 Å². The number of benzene rings is 1. The number of nitrogens with zero attached hydrogens (tertiary/aromatic N) is 4. The molecular weight excluding hydrogens is 334 g/mol. The number of nitro benzene ring substituents is 1. The second-order valence-electron chi connectivity index (χ2n) is 5.61. The van der Waals surface area contributed by atoms with E-state index in [1.54, 1.807) is 0 Å². The van der Waals surface area contributed by atoms with E-state index >= 15 is 0 Å². The van der Waals surface area contributed by atoms with Crippen molar-refractivity contribution in [2.24, 2.45) is 4.99 Å². The van der Waals surface area contributed by atoms with Crippen molar-refractivity contribution in [3.63, 3.8) is 0 Å². The van der Waals surface area contributed by atoms with Crippen LogP contribution in [-0.2, 0) is 9.84 Å². The van der Waals surface area contributed by atoms with E-state index in [4.69, 9.17) is 0 Å². The summed E-state index contributed by atoms with van der Waals surface area (Å²) < 4.78 is 23.0. The zero-order valence-corrected chi connectivity index (χ0v) is 15.3. The van der Waals surface area contributed by atoms with Gasteiger partial charge in [0, 0.05) is 47.1 Å². The number of rotatable bonds is 6. The Morgan fingerprint density at radius 3 is 2.29 bits per heavy atom. The Morgan fingerprint density at radius 1 is 1.25 bits per heavy atom. The van der Waals surface area contributed by atoms with Crippen LogP contribution in [0.15, 0.2) is 28.1 Å². The van der Waals surface area contributed by atoms with Crippen LogP contribution in [0.2, 0.25) is 0 Å². The lowest BCUT2D eigenvalue weighted by molar-refractivity contribution is -0.384. The van der Waals surface area contributed by atoms with Gasteiger partial charge in [-0.2, -0.15) is 0 Å². The molecule has 134 valence electrons. The maximum absolute atomic E-state index is 11.5. The Hall–Kier alpha value is -2.36. The van der Waals surface area contributed by atoms with Gasteiger partial charge in [-0.25, -0.2) is 8.42 Å². The average Bonchev–Trinajstić information content (AvgIpc) is 2.44. The molecule has 0 aliphatic heterocycles. The summed E-state index contributed by atoms with van der Waals surface area (Å²) in [6.45, 7) is 0.793. The highest BCUT2D eigenvalue weighted by Gasteiger charge is 2.18. The van der Waals surface area contributed by atoms with Crippen LogP contribution in [0.3, 0.4) is 0 Å². The molecular formula is C14H23N5O4S. The van der Waals surface area contributed by atoms with Crippen LogP contribution < -0.4 is 5.32 Å². The number of hydrogen-bond acceptors (Lipinski definition) is 6. The van der Waals surface area contributed by atoms with E-state index in [1.807, 2.05) is 38.0 Å². The molecule has 0 saturated heterocycles. The highest BCUT2D eigenvalue weighted by atomic mass is 32.2. The molecule has 0 amide bonds. The van der Waals surface area contributed by atoms with Gasteiger partial charge in [-0.05, 0) is 12.1 Å². The number of anilines is 1. The first-order valence-corrected chi connectivity index (χ1v) is 9.04. The maximum Gasteiger partial charge on any atom is 0.293 e. The van der Waals surface area contributed by atoms with E-state index < -0.39 is 14.8 Å². The molecule has 24 heavy (non-hydrogen) atoms. The van der Waals surface area contributed by atoms with Crippen molar-refractivity contribution >= 4 is 27.2 Å². The average molecular weight is 357 g/mol. The summed E-state index contributed by atoms with van der Waals surface area (Å²) in [5, 5.41) is 14.1. The zero-order valence-electron chi connectivity index (χ0n) is 14.5. The second-order valence-corrected chi connectivity index (χ2v) is 7.62. The van der Waals surface area contributed by atoms with Crippen LogP contribution in [0.4, 0.5) is 11.4 Å². The lowest BCUT2D eigenvalue weighted by Gasteiger charge is -2.22. The van der Waals surface area contributed by atoms with Gasteiger partial charge in [-0.3, -0.25) is 15.1 Å². The second kappa shape index (κ2) is 7.95. The van der Waals surface area contributed by atoms with Crippen molar-refractivity contribution in [3.05, 3.63) is 28.3 Å². The Balaban J connectivity index is 2.89. The van der Waals surface area contributed by atoms with Gasteiger partial charge in [0.15, 0.2) is 15.8 Å². The smallest absolute Gasteiger partial charge is 0.293 e. The third-order valence-electron chi connectivity index (χ3n) is 3.07. The predicted molar refractivity (Wildman–Crippen MR) is 94.4 cm³/mol. The number of aliphatic imine (C=N–C) groups is 1. The largest absolute Gasteiger partial charge is 0.378 e. The Morgan fingerprint density at radius 2 is 1.83 bits per heavy atom. The quantitative estimate of drug-likeness (QED) is 0.265. The highest BCUT2D eigenvalue weighted by Crippen LogP contribution is 2.27. The fraction of sp³-hybridized carbons (Fsp3) is 0.500. The summed E-state index contributed by atoms with van der Waals surface area (Å²) in [6.07, 6.45) is 1.01. The molecule has 0 unspecified atom stereocenters. The van der Waals surface area contributed by atoms with E-state index in [-0.39, 0.29) is 16.3 Å². The molecule has 9 nitrogen and oxygen atoms in total. The molecule has 1 aromatic carbocycles. The molecule has 1 rings (SSSR count). The SMILES string of the molecule is CN(C)C(=NCCNc1ccc(S(C)(=O)=O)cc1[N+](=O)[O-])N(C)C. The first-order chi connectivity index (χ1) is 11.0. The van der Waals surface area contributed by atoms with Gasteiger partial charge in [0.1, 0.15) is 5.69 Å². The van der Waals surface area contributed by atoms with E-state index in [1.165, 1.54) is 12.1 Å². The Bertz CT molecular complexity index is 719. The van der Waals surface area contributed by atoms with E-state index in [9.17, 15) is 18.5 Å². The molecule has 0 aliphatic rings. The van der Waals surface area contributed by atoms with Crippen LogP contribution >= 0.6 is 0 Å². The van der Waals surface area contributed by atoms with Gasteiger partial charge in [-0.1, -0.05) is 0 Å². The van der Waals surface area contributed by atoms with E-state index in [0.29, 0.717) is 13.1 Å². The number of nitrogens with one attached hydrogen (secondary N) is 1. The van der Waals surface area contributed by atoms with Crippen LogP contribution in [0.5, 0.6) is 0 Å². The molecule has 0 spiro atoms. The summed E-state index contributed by atoms with van der Waals surface area (Å²) in [6, 6.07) is 3.81. The van der Waals surface area contributed by atoms with Gasteiger partial charge in [0.2, 0.25) is 0 Å². The molecule has 0 fully saturated rings. The van der Waals surface area contributed by atoms with Gasteiger partial charge >= 0.3 is 0 Å². The van der Waals surface area contributed by atoms with Crippen molar-refractivity contribution in [2.45, 2.75) is 4.90 Å². The van der Waals surface area contributed by atoms with Gasteiger partial charge in [0.05, 0.1) is 16.4 Å². The van der Waals surface area contributed by atoms with Crippen molar-refractivity contribution in [2.75, 3.05) is 52.9 Å². The standard InChI is InChI=1S/C14H23N5O4S/c1-17(2)14(18(3)4)16-9-8-15-12-7-6-11(24(5,22)23)10-13(12)19(20)21/h6-7,10,15H,8-9H2,1-5H3. The van der Waals surface area contributed by atoms with Crippen molar-refractivity contribution in [3.8, 4) is 0 Å². The number of hydrogen-bond donors (Lipinski definition) is 1. The molecule has 0 atom stereocenters. The number of guanidine groups is 1. The van der Waals surface area contributed by atoms with E-state index in [0.717, 1.165) is 18.3 Å². The minimum absolute atomic E-state index is 0.0831. The van der Waals surface area contributed by atoms with Crippen LogP contribution in [0.25, 0.3) is 0 Å². The fourth-order valence-corrected chi connectivity index (χ4v) is 2.71. The number of nitro groups is 1. The minimum atomic E-state index is -3.50. The molecule has 0 heterocycles. The van der Waals surface area contributed by atoms with Crippen molar-refractivity contribution in [1.82, 2.24) is 9.80 Å². The lowest BCUT2D eigenvalue weighted by Crippen LogP contribution is -2.35. The van der Waals surface area contributed by atoms with Crippen molar-refractivity contribution in [1.29, 1.82) is 0 Å². The Kier molecular flexibility index (Phi) is 6.52. The summed E-state index contributed by atoms with van der Waals surface area (Å²) in [4.78, 5) is 18.6. The first kappa shape index (κ1) is 19.7. The summed E-state index contributed by atoms with van der Waals surface area (Å²) in [7, 11) is 4.01. The van der Waals surface area contributed by atoms with Crippen LogP contribution in [0, 0.1) is 10.1 Å². The minimum Gasteiger partial charge on any atom is -0.378 e. The lowest BCUT2D eigenvalue weighted by atomic mass is 10.2. The van der Waals surface area contributed by atoms with Gasteiger partial charge in [0.25, 0.3) is 5.69 Å². The third-order valence-corrected chi connectivity index (χ3v) is 4.18. The monoisotopic (exact) mass is 357 g/mol. The summed E-state index contributed by atoms with van der Waals surface area (Å²) in [5.41, 5.74) is -0.0128. The molecule has 1 aromatic rings.